The Hall–Kier alpha value is -1.02. The topological polar surface area (TPSA) is 29.5 Å². The first-order valence-electron chi connectivity index (χ1n) is 6.25. The smallest absolute Gasteiger partial charge is 0.122 e. The first kappa shape index (κ1) is 14.0. The summed E-state index contributed by atoms with van der Waals surface area (Å²) in [6.45, 7) is 8.72. The number of ether oxygens (including phenoxy) is 1. The standard InChI is InChI=1S/C15H24O2/c1-10(2)6-13(9-16)14-7-12(4)15(17-5)8-11(14)3/h7-8,10,13,16H,6,9H2,1-5H3. The molecule has 0 amide bonds. The molecule has 0 aliphatic rings. The second-order valence-corrected chi connectivity index (χ2v) is 5.19. The summed E-state index contributed by atoms with van der Waals surface area (Å²) in [5, 5.41) is 9.54. The molecule has 0 heterocycles. The van der Waals surface area contributed by atoms with Gasteiger partial charge in [0, 0.05) is 12.5 Å². The van der Waals surface area contributed by atoms with E-state index in [2.05, 4.69) is 32.9 Å². The van der Waals surface area contributed by atoms with E-state index in [1.807, 2.05) is 6.92 Å². The molecule has 0 saturated carbocycles. The Kier molecular flexibility index (Phi) is 5.01. The first-order chi connectivity index (χ1) is 7.99. The molecule has 1 rings (SSSR count). The van der Waals surface area contributed by atoms with Crippen LogP contribution >= 0.6 is 0 Å². The highest BCUT2D eigenvalue weighted by Gasteiger charge is 2.16. The molecule has 2 heteroatoms. The van der Waals surface area contributed by atoms with Crippen LogP contribution < -0.4 is 4.74 Å². The SMILES string of the molecule is COc1cc(C)c(C(CO)CC(C)C)cc1C. The average molecular weight is 236 g/mol. The highest BCUT2D eigenvalue weighted by molar-refractivity contribution is 5.43. The van der Waals surface area contributed by atoms with Gasteiger partial charge in [-0.15, -0.1) is 0 Å². The van der Waals surface area contributed by atoms with Crippen molar-refractivity contribution in [1.29, 1.82) is 0 Å². The highest BCUT2D eigenvalue weighted by Crippen LogP contribution is 2.30. The van der Waals surface area contributed by atoms with Gasteiger partial charge in [-0.05, 0) is 48.9 Å². The molecular formula is C15H24O2. The van der Waals surface area contributed by atoms with Gasteiger partial charge >= 0.3 is 0 Å². The summed E-state index contributed by atoms with van der Waals surface area (Å²) < 4.78 is 5.31. The van der Waals surface area contributed by atoms with Crippen LogP contribution in [-0.4, -0.2) is 18.8 Å². The predicted octanol–water partition coefficient (Wildman–Crippen LogP) is 3.43. The lowest BCUT2D eigenvalue weighted by Gasteiger charge is -2.20. The van der Waals surface area contributed by atoms with E-state index in [1.54, 1.807) is 7.11 Å². The molecule has 0 bridgehead atoms. The number of hydrogen-bond acceptors (Lipinski definition) is 2. The van der Waals surface area contributed by atoms with E-state index in [-0.39, 0.29) is 12.5 Å². The number of rotatable bonds is 5. The van der Waals surface area contributed by atoms with Gasteiger partial charge in [-0.1, -0.05) is 19.9 Å². The maximum atomic E-state index is 9.54. The van der Waals surface area contributed by atoms with Crippen molar-refractivity contribution >= 4 is 0 Å². The molecule has 0 saturated heterocycles. The molecule has 0 aliphatic heterocycles. The number of aliphatic hydroxyl groups excluding tert-OH is 1. The number of aliphatic hydroxyl groups is 1. The largest absolute Gasteiger partial charge is 0.496 e. The molecule has 0 fully saturated rings. The molecule has 1 N–H and O–H groups in total. The maximum absolute atomic E-state index is 9.54. The Balaban J connectivity index is 3.07. The van der Waals surface area contributed by atoms with E-state index in [0.29, 0.717) is 5.92 Å². The molecule has 17 heavy (non-hydrogen) atoms. The van der Waals surface area contributed by atoms with Gasteiger partial charge in [-0.25, -0.2) is 0 Å². The van der Waals surface area contributed by atoms with Crippen molar-refractivity contribution in [2.75, 3.05) is 13.7 Å². The summed E-state index contributed by atoms with van der Waals surface area (Å²) in [5.41, 5.74) is 3.59. The number of methoxy groups -OCH3 is 1. The third-order valence-corrected chi connectivity index (χ3v) is 3.20. The van der Waals surface area contributed by atoms with E-state index < -0.39 is 0 Å². The van der Waals surface area contributed by atoms with Crippen molar-refractivity contribution in [3.05, 3.63) is 28.8 Å². The monoisotopic (exact) mass is 236 g/mol. The van der Waals surface area contributed by atoms with E-state index in [0.717, 1.165) is 17.7 Å². The van der Waals surface area contributed by atoms with Gasteiger partial charge in [0.25, 0.3) is 0 Å². The Morgan fingerprint density at radius 1 is 1.18 bits per heavy atom. The van der Waals surface area contributed by atoms with Gasteiger partial charge in [0.1, 0.15) is 5.75 Å². The van der Waals surface area contributed by atoms with Gasteiger partial charge in [0.2, 0.25) is 0 Å². The zero-order valence-electron chi connectivity index (χ0n) is 11.6. The summed E-state index contributed by atoms with van der Waals surface area (Å²) in [6, 6.07) is 4.21. The lowest BCUT2D eigenvalue weighted by molar-refractivity contribution is 0.248. The van der Waals surface area contributed by atoms with Crippen LogP contribution in [0.15, 0.2) is 12.1 Å². The Labute approximate surface area is 105 Å². The molecule has 1 unspecified atom stereocenters. The molecule has 2 nitrogen and oxygen atoms in total. The maximum Gasteiger partial charge on any atom is 0.122 e. The van der Waals surface area contributed by atoms with Crippen LogP contribution in [0.5, 0.6) is 5.75 Å². The quantitative estimate of drug-likeness (QED) is 0.848. The molecule has 0 aliphatic carbocycles. The minimum absolute atomic E-state index is 0.213. The predicted molar refractivity (Wildman–Crippen MR) is 71.7 cm³/mol. The zero-order chi connectivity index (χ0) is 13.0. The van der Waals surface area contributed by atoms with E-state index >= 15 is 0 Å². The summed E-state index contributed by atoms with van der Waals surface area (Å²) in [7, 11) is 1.69. The molecule has 0 radical (unpaired) electrons. The van der Waals surface area contributed by atoms with Gasteiger partial charge in [-0.2, -0.15) is 0 Å². The van der Waals surface area contributed by atoms with Crippen LogP contribution in [0.1, 0.15) is 42.9 Å². The van der Waals surface area contributed by atoms with Crippen molar-refractivity contribution in [2.24, 2.45) is 5.92 Å². The summed E-state index contributed by atoms with van der Waals surface area (Å²) >= 11 is 0. The second-order valence-electron chi connectivity index (χ2n) is 5.19. The molecule has 1 aromatic rings. The zero-order valence-corrected chi connectivity index (χ0v) is 11.6. The fourth-order valence-electron chi connectivity index (χ4n) is 2.34. The number of benzene rings is 1. The third kappa shape index (κ3) is 3.47. The molecule has 1 atom stereocenters. The summed E-state index contributed by atoms with van der Waals surface area (Å²) in [5.74, 6) is 1.75. The lowest BCUT2D eigenvalue weighted by atomic mass is 9.87. The van der Waals surface area contributed by atoms with Crippen LogP contribution in [-0.2, 0) is 0 Å². The molecule has 0 aromatic heterocycles. The minimum atomic E-state index is 0.213. The first-order valence-corrected chi connectivity index (χ1v) is 6.25. The lowest BCUT2D eigenvalue weighted by Crippen LogP contribution is -2.10. The van der Waals surface area contributed by atoms with Crippen LogP contribution in [0.2, 0.25) is 0 Å². The fourth-order valence-corrected chi connectivity index (χ4v) is 2.34. The van der Waals surface area contributed by atoms with Gasteiger partial charge < -0.3 is 9.84 Å². The molecular weight excluding hydrogens is 212 g/mol. The van der Waals surface area contributed by atoms with E-state index in [4.69, 9.17) is 4.74 Å². The van der Waals surface area contributed by atoms with Crippen molar-refractivity contribution in [2.45, 2.75) is 40.0 Å². The number of hydrogen-bond donors (Lipinski definition) is 1. The van der Waals surface area contributed by atoms with Crippen molar-refractivity contribution in [3.63, 3.8) is 0 Å². The number of aryl methyl sites for hydroxylation is 2. The highest BCUT2D eigenvalue weighted by atomic mass is 16.5. The van der Waals surface area contributed by atoms with Crippen LogP contribution in [0.4, 0.5) is 0 Å². The van der Waals surface area contributed by atoms with Crippen LogP contribution in [0.25, 0.3) is 0 Å². The fraction of sp³-hybridized carbons (Fsp3) is 0.600. The van der Waals surface area contributed by atoms with Crippen LogP contribution in [0.3, 0.4) is 0 Å². The van der Waals surface area contributed by atoms with Gasteiger partial charge in [0.05, 0.1) is 7.11 Å². The Bertz CT molecular complexity index is 369. The van der Waals surface area contributed by atoms with Gasteiger partial charge in [0.15, 0.2) is 0 Å². The van der Waals surface area contributed by atoms with Crippen molar-refractivity contribution in [1.82, 2.24) is 0 Å². The van der Waals surface area contributed by atoms with Crippen LogP contribution in [0, 0.1) is 19.8 Å². The van der Waals surface area contributed by atoms with Crippen molar-refractivity contribution < 1.29 is 9.84 Å². The summed E-state index contributed by atoms with van der Waals surface area (Å²) in [4.78, 5) is 0. The minimum Gasteiger partial charge on any atom is -0.496 e. The van der Waals surface area contributed by atoms with E-state index in [1.165, 1.54) is 11.1 Å². The molecule has 96 valence electrons. The average Bonchev–Trinajstić information content (AvgIpc) is 2.28. The molecule has 0 spiro atoms. The Morgan fingerprint density at radius 2 is 1.82 bits per heavy atom. The van der Waals surface area contributed by atoms with E-state index in [9.17, 15) is 5.11 Å². The summed E-state index contributed by atoms with van der Waals surface area (Å²) in [6.07, 6.45) is 1.02. The normalized spacial score (nSPS) is 12.9. The van der Waals surface area contributed by atoms with Crippen molar-refractivity contribution in [3.8, 4) is 5.75 Å². The molecule has 1 aromatic carbocycles. The second kappa shape index (κ2) is 6.06. The van der Waals surface area contributed by atoms with Gasteiger partial charge in [-0.3, -0.25) is 0 Å². The third-order valence-electron chi connectivity index (χ3n) is 3.20. The Morgan fingerprint density at radius 3 is 2.29 bits per heavy atom.